The lowest BCUT2D eigenvalue weighted by Gasteiger charge is -2.32. The topological polar surface area (TPSA) is 69.7 Å². The largest absolute Gasteiger partial charge is 0.343 e. The molecule has 2 rings (SSSR count). The van der Waals surface area contributed by atoms with Gasteiger partial charge in [-0.3, -0.25) is 14.4 Å². The minimum Gasteiger partial charge on any atom is -0.343 e. The van der Waals surface area contributed by atoms with Gasteiger partial charge >= 0.3 is 0 Å². The van der Waals surface area contributed by atoms with Crippen LogP contribution in [-0.4, -0.2) is 60.7 Å². The van der Waals surface area contributed by atoms with Crippen molar-refractivity contribution in [1.29, 1.82) is 0 Å². The maximum atomic E-state index is 13.4. The molecule has 7 heteroatoms. The van der Waals surface area contributed by atoms with E-state index in [1.54, 1.807) is 15.9 Å². The van der Waals surface area contributed by atoms with Gasteiger partial charge in [0, 0.05) is 26.2 Å². The molecule has 6 nitrogen and oxygen atoms in total. The van der Waals surface area contributed by atoms with Gasteiger partial charge in [-0.1, -0.05) is 12.1 Å². The Hall–Kier alpha value is -2.44. The van der Waals surface area contributed by atoms with E-state index < -0.39 is 11.7 Å². The summed E-state index contributed by atoms with van der Waals surface area (Å²) in [5.41, 5.74) is -0.0870. The lowest BCUT2D eigenvalue weighted by Crippen LogP contribution is -2.50. The average molecular weight is 293 g/mol. The summed E-state index contributed by atoms with van der Waals surface area (Å²) in [6.45, 7) is 1.65. The van der Waals surface area contributed by atoms with Crippen molar-refractivity contribution in [3.63, 3.8) is 0 Å². The van der Waals surface area contributed by atoms with Gasteiger partial charge in [-0.2, -0.15) is 0 Å². The van der Waals surface area contributed by atoms with E-state index in [1.807, 2.05) is 0 Å². The summed E-state index contributed by atoms with van der Waals surface area (Å²) in [6, 6.07) is 5.59. The third-order valence-electron chi connectivity index (χ3n) is 3.33. The molecule has 1 aromatic carbocycles. The molecule has 21 heavy (non-hydrogen) atoms. The Morgan fingerprint density at radius 1 is 1.19 bits per heavy atom. The van der Waals surface area contributed by atoms with E-state index in [-0.39, 0.29) is 18.0 Å². The maximum absolute atomic E-state index is 13.4. The summed E-state index contributed by atoms with van der Waals surface area (Å²) in [4.78, 5) is 37.4. The van der Waals surface area contributed by atoms with Crippen LogP contribution in [0.2, 0.25) is 0 Å². The fourth-order valence-electron chi connectivity index (χ4n) is 2.09. The molecular formula is C14H16FN3O3. The van der Waals surface area contributed by atoms with Crippen LogP contribution < -0.4 is 5.32 Å². The molecule has 1 fully saturated rings. The van der Waals surface area contributed by atoms with Gasteiger partial charge in [-0.25, -0.2) is 4.39 Å². The number of piperazine rings is 1. The van der Waals surface area contributed by atoms with Gasteiger partial charge in [0.05, 0.1) is 12.1 Å². The highest BCUT2D eigenvalue weighted by atomic mass is 19.1. The van der Waals surface area contributed by atoms with Crippen LogP contribution >= 0.6 is 0 Å². The Balaban J connectivity index is 1.83. The Kier molecular flexibility index (Phi) is 4.86. The monoisotopic (exact) mass is 293 g/mol. The Labute approximate surface area is 121 Å². The molecule has 3 amide bonds. The van der Waals surface area contributed by atoms with E-state index in [1.165, 1.54) is 18.2 Å². The van der Waals surface area contributed by atoms with Gasteiger partial charge in [0.15, 0.2) is 0 Å². The highest BCUT2D eigenvalue weighted by Crippen LogP contribution is 2.06. The number of halogens is 1. The molecule has 0 aromatic heterocycles. The molecule has 0 spiro atoms. The summed E-state index contributed by atoms with van der Waals surface area (Å²) >= 11 is 0. The Morgan fingerprint density at radius 3 is 2.48 bits per heavy atom. The molecule has 0 radical (unpaired) electrons. The minimum absolute atomic E-state index is 0.0870. The van der Waals surface area contributed by atoms with E-state index in [4.69, 9.17) is 0 Å². The molecule has 1 aromatic rings. The average Bonchev–Trinajstić information content (AvgIpc) is 2.52. The van der Waals surface area contributed by atoms with Crippen molar-refractivity contribution in [2.45, 2.75) is 0 Å². The van der Waals surface area contributed by atoms with E-state index in [9.17, 15) is 18.8 Å². The van der Waals surface area contributed by atoms with Crippen LogP contribution in [0.4, 0.5) is 4.39 Å². The number of nitrogens with one attached hydrogen (secondary N) is 1. The predicted molar refractivity (Wildman–Crippen MR) is 73.0 cm³/mol. The highest BCUT2D eigenvalue weighted by Gasteiger charge is 2.20. The first-order valence-electron chi connectivity index (χ1n) is 6.61. The molecule has 0 bridgehead atoms. The van der Waals surface area contributed by atoms with Crippen molar-refractivity contribution < 1.29 is 18.8 Å². The zero-order valence-electron chi connectivity index (χ0n) is 11.4. The second-order valence-electron chi connectivity index (χ2n) is 4.68. The summed E-state index contributed by atoms with van der Waals surface area (Å²) in [5.74, 6) is -1.49. The third-order valence-corrected chi connectivity index (χ3v) is 3.33. The third kappa shape index (κ3) is 3.77. The van der Waals surface area contributed by atoms with Crippen LogP contribution in [0.15, 0.2) is 24.3 Å². The van der Waals surface area contributed by atoms with Gasteiger partial charge in [0.1, 0.15) is 5.82 Å². The van der Waals surface area contributed by atoms with Gasteiger partial charge < -0.3 is 15.1 Å². The van der Waals surface area contributed by atoms with Crippen molar-refractivity contribution in [1.82, 2.24) is 15.1 Å². The number of amides is 3. The fraction of sp³-hybridized carbons (Fsp3) is 0.357. The zero-order chi connectivity index (χ0) is 15.2. The SMILES string of the molecule is O=CN1CCN(C(=O)CNC(=O)c2ccccc2F)CC1. The van der Waals surface area contributed by atoms with Gasteiger partial charge in [-0.15, -0.1) is 0 Å². The van der Waals surface area contributed by atoms with Crippen LogP contribution in [0.1, 0.15) is 10.4 Å². The van der Waals surface area contributed by atoms with Gasteiger partial charge in [0.2, 0.25) is 12.3 Å². The molecule has 0 saturated carbocycles. The number of hydrogen-bond acceptors (Lipinski definition) is 3. The molecule has 112 valence electrons. The quantitative estimate of drug-likeness (QED) is 0.785. The maximum Gasteiger partial charge on any atom is 0.254 e. The molecule has 0 unspecified atom stereocenters. The van der Waals surface area contributed by atoms with Crippen LogP contribution in [0.3, 0.4) is 0 Å². The van der Waals surface area contributed by atoms with Crippen LogP contribution in [0.25, 0.3) is 0 Å². The first-order valence-corrected chi connectivity index (χ1v) is 6.61. The van der Waals surface area contributed by atoms with E-state index in [0.29, 0.717) is 26.2 Å². The van der Waals surface area contributed by atoms with Crippen molar-refractivity contribution >= 4 is 18.2 Å². The zero-order valence-corrected chi connectivity index (χ0v) is 11.4. The molecule has 1 aliphatic rings. The molecule has 1 aliphatic heterocycles. The second kappa shape index (κ2) is 6.83. The van der Waals surface area contributed by atoms with Crippen LogP contribution in [0, 0.1) is 5.82 Å². The van der Waals surface area contributed by atoms with Crippen molar-refractivity contribution in [3.8, 4) is 0 Å². The van der Waals surface area contributed by atoms with Crippen LogP contribution in [-0.2, 0) is 9.59 Å². The molecule has 0 aliphatic carbocycles. The number of hydrogen-bond donors (Lipinski definition) is 1. The van der Waals surface area contributed by atoms with E-state index in [2.05, 4.69) is 5.32 Å². The van der Waals surface area contributed by atoms with Gasteiger partial charge in [0.25, 0.3) is 5.91 Å². The van der Waals surface area contributed by atoms with Crippen LogP contribution in [0.5, 0.6) is 0 Å². The van der Waals surface area contributed by atoms with Crippen molar-refractivity contribution in [2.75, 3.05) is 32.7 Å². The highest BCUT2D eigenvalue weighted by molar-refractivity contribution is 5.96. The number of rotatable bonds is 4. The molecule has 1 saturated heterocycles. The predicted octanol–water partition coefficient (Wildman–Crippen LogP) is -0.144. The fourth-order valence-corrected chi connectivity index (χ4v) is 2.09. The van der Waals surface area contributed by atoms with Crippen molar-refractivity contribution in [3.05, 3.63) is 35.6 Å². The van der Waals surface area contributed by atoms with E-state index >= 15 is 0 Å². The molecular weight excluding hydrogens is 277 g/mol. The number of benzene rings is 1. The number of carbonyl (C=O) groups is 3. The molecule has 1 heterocycles. The Bertz CT molecular complexity index is 542. The van der Waals surface area contributed by atoms with Gasteiger partial charge in [-0.05, 0) is 12.1 Å². The summed E-state index contributed by atoms with van der Waals surface area (Å²) in [5, 5.41) is 2.41. The number of carbonyl (C=O) groups excluding carboxylic acids is 3. The first-order chi connectivity index (χ1) is 10.1. The summed E-state index contributed by atoms with van der Waals surface area (Å²) in [7, 11) is 0. The smallest absolute Gasteiger partial charge is 0.254 e. The Morgan fingerprint density at radius 2 is 1.86 bits per heavy atom. The molecule has 0 atom stereocenters. The van der Waals surface area contributed by atoms with E-state index in [0.717, 1.165) is 6.41 Å². The minimum atomic E-state index is -0.623. The second-order valence-corrected chi connectivity index (χ2v) is 4.68. The standard InChI is InChI=1S/C14H16FN3O3/c15-12-4-2-1-3-11(12)14(21)16-9-13(20)18-7-5-17(10-19)6-8-18/h1-4,10H,5-9H2,(H,16,21). The van der Waals surface area contributed by atoms with Crippen molar-refractivity contribution in [2.24, 2.45) is 0 Å². The normalized spacial score (nSPS) is 14.7. The molecule has 1 N–H and O–H groups in total. The summed E-state index contributed by atoms with van der Waals surface area (Å²) in [6.07, 6.45) is 0.752. The lowest BCUT2D eigenvalue weighted by molar-refractivity contribution is -0.134. The number of nitrogens with zero attached hydrogens (tertiary/aromatic N) is 2. The first kappa shape index (κ1) is 15.0. The lowest BCUT2D eigenvalue weighted by atomic mass is 10.2. The summed E-state index contributed by atoms with van der Waals surface area (Å²) < 4.78 is 13.4.